The van der Waals surface area contributed by atoms with Crippen LogP contribution in [0.3, 0.4) is 0 Å². The van der Waals surface area contributed by atoms with Crippen molar-refractivity contribution in [1.29, 1.82) is 0 Å². The van der Waals surface area contributed by atoms with Crippen LogP contribution >= 0.6 is 11.3 Å². The fraction of sp³-hybridized carbons (Fsp3) is 0.200. The van der Waals surface area contributed by atoms with Crippen molar-refractivity contribution in [2.45, 2.75) is 18.9 Å². The van der Waals surface area contributed by atoms with Crippen molar-refractivity contribution in [2.75, 3.05) is 11.9 Å². The molecule has 2 amide bonds. The Hall–Kier alpha value is -3.06. The Bertz CT molecular complexity index is 986. The number of likely N-dealkylation sites (N-methyl/N-ethyl adjacent to an activating group) is 1. The second-order valence-corrected chi connectivity index (χ2v) is 7.15. The van der Waals surface area contributed by atoms with Crippen LogP contribution in [0.25, 0.3) is 10.6 Å². The minimum absolute atomic E-state index is 0.128. The maximum atomic E-state index is 13.1. The number of nitrogens with zero attached hydrogens (tertiary/aromatic N) is 3. The molecule has 7 heteroatoms. The number of amides is 2. The predicted octanol–water partition coefficient (Wildman–Crippen LogP) is 2.45. The fourth-order valence-corrected chi connectivity index (χ4v) is 4.13. The number of carbonyl (C=O) groups is 2. The number of carbonyl (C=O) groups excluding carboxylic acids is 2. The Labute approximate surface area is 160 Å². The van der Waals surface area contributed by atoms with Gasteiger partial charge in [0.15, 0.2) is 0 Å². The molecule has 2 aromatic heterocycles. The Morgan fingerprint density at radius 1 is 1.26 bits per heavy atom. The highest BCUT2D eigenvalue weighted by atomic mass is 32.1. The molecule has 0 saturated carbocycles. The highest BCUT2D eigenvalue weighted by Gasteiger charge is 2.37. The lowest BCUT2D eigenvalue weighted by atomic mass is 10.1. The number of aromatic nitrogens is 2. The minimum atomic E-state index is -0.517. The van der Waals surface area contributed by atoms with E-state index in [-0.39, 0.29) is 18.2 Å². The van der Waals surface area contributed by atoms with Gasteiger partial charge in [-0.25, -0.2) is 4.98 Å². The molecule has 1 N–H and O–H groups in total. The van der Waals surface area contributed by atoms with E-state index in [2.05, 4.69) is 15.3 Å². The van der Waals surface area contributed by atoms with Crippen LogP contribution in [-0.4, -0.2) is 34.9 Å². The van der Waals surface area contributed by atoms with Gasteiger partial charge < -0.3 is 5.32 Å². The van der Waals surface area contributed by atoms with Crippen LogP contribution in [0, 0.1) is 0 Å². The third kappa shape index (κ3) is 3.33. The monoisotopic (exact) mass is 378 g/mol. The van der Waals surface area contributed by atoms with Crippen molar-refractivity contribution < 1.29 is 9.59 Å². The molecule has 0 aliphatic carbocycles. The molecule has 1 aliphatic rings. The van der Waals surface area contributed by atoms with E-state index in [4.69, 9.17) is 0 Å². The van der Waals surface area contributed by atoms with Crippen molar-refractivity contribution in [2.24, 2.45) is 0 Å². The van der Waals surface area contributed by atoms with Crippen molar-refractivity contribution in [1.82, 2.24) is 15.3 Å². The van der Waals surface area contributed by atoms with Crippen LogP contribution in [-0.2, 0) is 22.4 Å². The molecule has 1 aromatic carbocycles. The summed E-state index contributed by atoms with van der Waals surface area (Å²) in [5.74, 6) is -0.287. The largest absolute Gasteiger partial charge is 0.357 e. The lowest BCUT2D eigenvalue weighted by Gasteiger charge is -2.24. The number of pyridine rings is 1. The summed E-state index contributed by atoms with van der Waals surface area (Å²) in [5, 5.41) is 5.38. The molecule has 3 aromatic rings. The Morgan fingerprint density at radius 2 is 2.11 bits per heavy atom. The number of fused-ring (bicyclic) bond motifs is 1. The second-order valence-electron chi connectivity index (χ2n) is 6.29. The number of nitrogens with one attached hydrogen (secondary N) is 1. The highest BCUT2D eigenvalue weighted by molar-refractivity contribution is 7.13. The van der Waals surface area contributed by atoms with E-state index in [1.54, 1.807) is 24.3 Å². The van der Waals surface area contributed by atoms with Crippen molar-refractivity contribution >= 4 is 28.8 Å². The summed E-state index contributed by atoms with van der Waals surface area (Å²) < 4.78 is 0. The summed E-state index contributed by atoms with van der Waals surface area (Å²) in [6.07, 6.45) is 4.15. The predicted molar refractivity (Wildman–Crippen MR) is 105 cm³/mol. The first-order valence-corrected chi connectivity index (χ1v) is 9.51. The van der Waals surface area contributed by atoms with E-state index in [9.17, 15) is 9.59 Å². The van der Waals surface area contributed by atoms with Gasteiger partial charge in [-0.3, -0.25) is 19.5 Å². The summed E-state index contributed by atoms with van der Waals surface area (Å²) in [7, 11) is 1.59. The number of hydrogen-bond acceptors (Lipinski definition) is 5. The molecule has 27 heavy (non-hydrogen) atoms. The zero-order valence-electron chi connectivity index (χ0n) is 14.8. The van der Waals surface area contributed by atoms with Gasteiger partial charge in [0, 0.05) is 42.5 Å². The van der Waals surface area contributed by atoms with Crippen molar-refractivity contribution in [3.8, 4) is 10.6 Å². The molecule has 1 atom stereocenters. The van der Waals surface area contributed by atoms with Crippen LogP contribution in [0.1, 0.15) is 11.3 Å². The topological polar surface area (TPSA) is 75.2 Å². The van der Waals surface area contributed by atoms with E-state index in [0.717, 1.165) is 21.8 Å². The second kappa shape index (κ2) is 7.28. The van der Waals surface area contributed by atoms with E-state index in [0.29, 0.717) is 12.1 Å². The molecule has 0 bridgehead atoms. The molecule has 3 heterocycles. The number of anilines is 1. The van der Waals surface area contributed by atoms with Crippen LogP contribution in [0.4, 0.5) is 5.69 Å². The molecular weight excluding hydrogens is 360 g/mol. The summed E-state index contributed by atoms with van der Waals surface area (Å²) >= 11 is 1.48. The number of para-hydroxylation sites is 1. The van der Waals surface area contributed by atoms with Gasteiger partial charge in [0.25, 0.3) is 0 Å². The average Bonchev–Trinajstić information content (AvgIpc) is 3.32. The number of thiazole rings is 1. The number of hydrogen-bond donors (Lipinski definition) is 1. The maximum Gasteiger partial charge on any atom is 0.243 e. The summed E-state index contributed by atoms with van der Waals surface area (Å²) in [6.45, 7) is 0. The van der Waals surface area contributed by atoms with E-state index in [1.807, 2.05) is 41.8 Å². The standard InChI is InChI=1S/C20H18N4O2S/c1-21-19(26)17-9-13-5-2-3-7-16(13)24(17)18(25)10-15-12-27-20(23-15)14-6-4-8-22-11-14/h2-8,11-12,17H,9-10H2,1H3,(H,21,26). The van der Waals surface area contributed by atoms with Gasteiger partial charge in [0.2, 0.25) is 11.8 Å². The molecule has 4 rings (SSSR count). The van der Waals surface area contributed by atoms with Gasteiger partial charge in [-0.05, 0) is 23.8 Å². The van der Waals surface area contributed by atoms with Gasteiger partial charge in [0.05, 0.1) is 12.1 Å². The Morgan fingerprint density at radius 3 is 2.89 bits per heavy atom. The summed E-state index contributed by atoms with van der Waals surface area (Å²) in [4.78, 5) is 35.6. The van der Waals surface area contributed by atoms with Crippen LogP contribution in [0.5, 0.6) is 0 Å². The lowest BCUT2D eigenvalue weighted by molar-refractivity contribution is -0.125. The van der Waals surface area contributed by atoms with E-state index >= 15 is 0 Å². The molecule has 136 valence electrons. The molecule has 0 radical (unpaired) electrons. The zero-order chi connectivity index (χ0) is 18.8. The third-order valence-corrected chi connectivity index (χ3v) is 5.53. The highest BCUT2D eigenvalue weighted by Crippen LogP contribution is 2.33. The molecule has 1 unspecified atom stereocenters. The first kappa shape index (κ1) is 17.4. The number of benzene rings is 1. The first-order chi connectivity index (χ1) is 13.2. The molecule has 0 fully saturated rings. The SMILES string of the molecule is CNC(=O)C1Cc2ccccc2N1C(=O)Cc1csc(-c2cccnc2)n1. The van der Waals surface area contributed by atoms with Gasteiger partial charge in [0.1, 0.15) is 11.0 Å². The molecule has 0 saturated heterocycles. The minimum Gasteiger partial charge on any atom is -0.357 e. The van der Waals surface area contributed by atoms with E-state index < -0.39 is 6.04 Å². The smallest absolute Gasteiger partial charge is 0.243 e. The average molecular weight is 378 g/mol. The van der Waals surface area contributed by atoms with Crippen molar-refractivity contribution in [3.63, 3.8) is 0 Å². The zero-order valence-corrected chi connectivity index (χ0v) is 15.6. The molecule has 0 spiro atoms. The van der Waals surface area contributed by atoms with Gasteiger partial charge in [-0.2, -0.15) is 0 Å². The van der Waals surface area contributed by atoms with Gasteiger partial charge >= 0.3 is 0 Å². The quantitative estimate of drug-likeness (QED) is 0.757. The summed E-state index contributed by atoms with van der Waals surface area (Å²) in [6, 6.07) is 10.9. The molecule has 6 nitrogen and oxygen atoms in total. The van der Waals surface area contributed by atoms with Crippen molar-refractivity contribution in [3.05, 3.63) is 65.4 Å². The van der Waals surface area contributed by atoms with Crippen LogP contribution in [0.15, 0.2) is 54.2 Å². The van der Waals surface area contributed by atoms with E-state index in [1.165, 1.54) is 11.3 Å². The normalized spacial score (nSPS) is 15.4. The summed E-state index contributed by atoms with van der Waals surface area (Å²) in [5.41, 5.74) is 3.44. The van der Waals surface area contributed by atoms with Crippen LogP contribution < -0.4 is 10.2 Å². The van der Waals surface area contributed by atoms with Gasteiger partial charge in [-0.1, -0.05) is 18.2 Å². The van der Waals surface area contributed by atoms with Crippen LogP contribution in [0.2, 0.25) is 0 Å². The Balaban J connectivity index is 1.58. The lowest BCUT2D eigenvalue weighted by Crippen LogP contribution is -2.47. The maximum absolute atomic E-state index is 13.1. The third-order valence-electron chi connectivity index (χ3n) is 4.59. The molecule has 1 aliphatic heterocycles. The fourth-order valence-electron chi connectivity index (χ4n) is 3.32. The Kier molecular flexibility index (Phi) is 4.68. The first-order valence-electron chi connectivity index (χ1n) is 8.63. The molecular formula is C20H18N4O2S. The van der Waals surface area contributed by atoms with Gasteiger partial charge in [-0.15, -0.1) is 11.3 Å². The number of rotatable bonds is 4.